The van der Waals surface area contributed by atoms with Gasteiger partial charge in [-0.1, -0.05) is 29.8 Å². The van der Waals surface area contributed by atoms with E-state index in [0.717, 1.165) is 30.0 Å². The summed E-state index contributed by atoms with van der Waals surface area (Å²) in [6.45, 7) is 5.12. The zero-order valence-electron chi connectivity index (χ0n) is 16.1. The Bertz CT molecular complexity index is 1040. The van der Waals surface area contributed by atoms with Crippen LogP contribution in [0, 0.1) is 11.7 Å². The van der Waals surface area contributed by atoms with E-state index in [4.69, 9.17) is 17.0 Å². The molecule has 0 unspecified atom stereocenters. The lowest BCUT2D eigenvalue weighted by Gasteiger charge is -2.27. The topological polar surface area (TPSA) is 88.1 Å². The number of aromatic nitrogens is 4. The van der Waals surface area contributed by atoms with Gasteiger partial charge in [0.25, 0.3) is 0 Å². The molecule has 1 saturated heterocycles. The molecule has 1 aliphatic rings. The fourth-order valence-electron chi connectivity index (χ4n) is 3.17. The van der Waals surface area contributed by atoms with Gasteiger partial charge in [0.2, 0.25) is 5.91 Å². The number of nitrogens with one attached hydrogen (secondary N) is 2. The van der Waals surface area contributed by atoms with E-state index in [9.17, 15) is 4.79 Å². The number of rotatable bonds is 5. The number of aromatic amines is 1. The van der Waals surface area contributed by atoms with E-state index >= 15 is 0 Å². The molecule has 150 valence electrons. The van der Waals surface area contributed by atoms with Crippen LogP contribution in [0.2, 0.25) is 0 Å². The Balaban J connectivity index is 1.44. The molecule has 9 heteroatoms. The van der Waals surface area contributed by atoms with Crippen LogP contribution >= 0.6 is 12.2 Å². The average Bonchev–Trinajstić information content (AvgIpc) is 3.10. The first-order chi connectivity index (χ1) is 14.1. The molecule has 0 saturated carbocycles. The quantitative estimate of drug-likeness (QED) is 0.629. The molecule has 0 spiro atoms. The molecule has 0 bridgehead atoms. The summed E-state index contributed by atoms with van der Waals surface area (Å²) in [5.74, 6) is 1.31. The van der Waals surface area contributed by atoms with Crippen LogP contribution in [0.1, 0.15) is 5.56 Å². The highest BCUT2D eigenvalue weighted by molar-refractivity contribution is 7.71. The van der Waals surface area contributed by atoms with Crippen molar-refractivity contribution in [1.82, 2.24) is 19.7 Å². The number of hydrogen-bond acceptors (Lipinski definition) is 6. The molecule has 1 aromatic carbocycles. The number of amides is 1. The van der Waals surface area contributed by atoms with Gasteiger partial charge in [0.1, 0.15) is 12.4 Å². The maximum atomic E-state index is 12.6. The van der Waals surface area contributed by atoms with Crippen molar-refractivity contribution in [3.8, 4) is 11.4 Å². The van der Waals surface area contributed by atoms with Crippen molar-refractivity contribution in [2.75, 3.05) is 36.5 Å². The lowest BCUT2D eigenvalue weighted by atomic mass is 10.1. The Hall–Kier alpha value is -3.04. The highest BCUT2D eigenvalue weighted by Crippen LogP contribution is 2.19. The van der Waals surface area contributed by atoms with Crippen LogP contribution in [0.15, 0.2) is 42.6 Å². The Morgan fingerprint density at radius 2 is 1.97 bits per heavy atom. The highest BCUT2D eigenvalue weighted by atomic mass is 32.1. The molecular weight excluding hydrogens is 388 g/mol. The number of hydrogen-bond donors (Lipinski definition) is 2. The summed E-state index contributed by atoms with van der Waals surface area (Å²) in [7, 11) is 0. The number of morpholine rings is 1. The third-order valence-electron chi connectivity index (χ3n) is 4.74. The van der Waals surface area contributed by atoms with E-state index in [0.29, 0.717) is 29.5 Å². The summed E-state index contributed by atoms with van der Waals surface area (Å²) in [5.41, 5.74) is 2.69. The van der Waals surface area contributed by atoms with Crippen LogP contribution in [0.25, 0.3) is 11.4 Å². The van der Waals surface area contributed by atoms with E-state index in [1.807, 2.05) is 43.3 Å². The summed E-state index contributed by atoms with van der Waals surface area (Å²) in [6.07, 6.45) is 1.66. The van der Waals surface area contributed by atoms with E-state index in [-0.39, 0.29) is 12.5 Å². The fraction of sp³-hybridized carbons (Fsp3) is 0.300. The molecular formula is C20H22N6O2S. The van der Waals surface area contributed by atoms with Crippen molar-refractivity contribution < 1.29 is 9.53 Å². The van der Waals surface area contributed by atoms with Gasteiger partial charge in [-0.2, -0.15) is 5.10 Å². The number of benzene rings is 1. The summed E-state index contributed by atoms with van der Waals surface area (Å²) >= 11 is 5.31. The SMILES string of the molecule is Cc1ccc(-c2n[nH]c(=S)n2CC(=O)Nc2ccc(N3CCOCC3)nc2)cc1. The molecule has 2 aromatic heterocycles. The summed E-state index contributed by atoms with van der Waals surface area (Å²) in [6, 6.07) is 11.7. The van der Waals surface area contributed by atoms with Gasteiger partial charge in [0.05, 0.1) is 25.1 Å². The minimum Gasteiger partial charge on any atom is -0.378 e. The largest absolute Gasteiger partial charge is 0.378 e. The maximum Gasteiger partial charge on any atom is 0.244 e. The Kier molecular flexibility index (Phi) is 5.68. The lowest BCUT2D eigenvalue weighted by molar-refractivity contribution is -0.116. The third-order valence-corrected chi connectivity index (χ3v) is 5.05. The molecule has 1 fully saturated rings. The van der Waals surface area contributed by atoms with E-state index in [1.165, 1.54) is 0 Å². The van der Waals surface area contributed by atoms with E-state index < -0.39 is 0 Å². The molecule has 3 aromatic rings. The number of carbonyl (C=O) groups excluding carboxylic acids is 1. The van der Waals surface area contributed by atoms with Crippen LogP contribution in [-0.4, -0.2) is 52.0 Å². The molecule has 3 heterocycles. The zero-order chi connectivity index (χ0) is 20.2. The third kappa shape index (κ3) is 4.52. The van der Waals surface area contributed by atoms with Gasteiger partial charge in [0.15, 0.2) is 10.6 Å². The number of ether oxygens (including phenoxy) is 1. The second-order valence-electron chi connectivity index (χ2n) is 6.86. The standard InChI is InChI=1S/C20H22N6O2S/c1-14-2-4-15(5-3-14)19-23-24-20(29)26(19)13-18(27)22-16-6-7-17(21-12-16)25-8-10-28-11-9-25/h2-7,12H,8-11,13H2,1H3,(H,22,27)(H,24,29). The van der Waals surface area contributed by atoms with E-state index in [1.54, 1.807) is 10.8 Å². The Labute approximate surface area is 173 Å². The average molecular weight is 411 g/mol. The van der Waals surface area contributed by atoms with Crippen LogP contribution in [0.4, 0.5) is 11.5 Å². The zero-order valence-corrected chi connectivity index (χ0v) is 16.9. The summed E-state index contributed by atoms with van der Waals surface area (Å²) in [5, 5.41) is 9.92. The van der Waals surface area contributed by atoms with Crippen LogP contribution in [0.3, 0.4) is 0 Å². The molecule has 4 rings (SSSR count). The van der Waals surface area contributed by atoms with Crippen molar-refractivity contribution in [3.63, 3.8) is 0 Å². The number of nitrogens with zero attached hydrogens (tertiary/aromatic N) is 4. The number of H-pyrrole nitrogens is 1. The molecule has 0 atom stereocenters. The molecule has 1 aliphatic heterocycles. The minimum atomic E-state index is -0.197. The van der Waals surface area contributed by atoms with Crippen molar-refractivity contribution >= 4 is 29.6 Å². The predicted molar refractivity (Wildman–Crippen MR) is 113 cm³/mol. The Morgan fingerprint density at radius 3 is 2.66 bits per heavy atom. The Morgan fingerprint density at radius 1 is 1.21 bits per heavy atom. The van der Waals surface area contributed by atoms with Crippen molar-refractivity contribution in [2.24, 2.45) is 0 Å². The van der Waals surface area contributed by atoms with Gasteiger partial charge in [-0.15, -0.1) is 0 Å². The lowest BCUT2D eigenvalue weighted by Crippen LogP contribution is -2.36. The van der Waals surface area contributed by atoms with E-state index in [2.05, 4.69) is 25.4 Å². The number of aryl methyl sites for hydroxylation is 1. The molecule has 0 aliphatic carbocycles. The first-order valence-electron chi connectivity index (χ1n) is 9.41. The van der Waals surface area contributed by atoms with Gasteiger partial charge in [-0.3, -0.25) is 14.5 Å². The number of carbonyl (C=O) groups is 1. The second kappa shape index (κ2) is 8.54. The molecule has 0 radical (unpaired) electrons. The fourth-order valence-corrected chi connectivity index (χ4v) is 3.37. The number of anilines is 2. The van der Waals surface area contributed by atoms with Gasteiger partial charge in [-0.05, 0) is 31.3 Å². The van der Waals surface area contributed by atoms with Crippen LogP contribution in [0.5, 0.6) is 0 Å². The number of pyridine rings is 1. The van der Waals surface area contributed by atoms with Gasteiger partial charge in [-0.25, -0.2) is 4.98 Å². The van der Waals surface area contributed by atoms with Gasteiger partial charge in [0, 0.05) is 18.7 Å². The van der Waals surface area contributed by atoms with Crippen molar-refractivity contribution in [1.29, 1.82) is 0 Å². The van der Waals surface area contributed by atoms with Gasteiger partial charge < -0.3 is 15.0 Å². The summed E-state index contributed by atoms with van der Waals surface area (Å²) < 4.78 is 7.44. The van der Waals surface area contributed by atoms with Crippen LogP contribution < -0.4 is 10.2 Å². The normalized spacial score (nSPS) is 14.0. The molecule has 8 nitrogen and oxygen atoms in total. The second-order valence-corrected chi connectivity index (χ2v) is 7.24. The monoisotopic (exact) mass is 410 g/mol. The minimum absolute atomic E-state index is 0.0593. The maximum absolute atomic E-state index is 12.6. The van der Waals surface area contributed by atoms with Crippen LogP contribution in [-0.2, 0) is 16.1 Å². The van der Waals surface area contributed by atoms with Crippen molar-refractivity contribution in [2.45, 2.75) is 13.5 Å². The summed E-state index contributed by atoms with van der Waals surface area (Å²) in [4.78, 5) is 19.2. The predicted octanol–water partition coefficient (Wildman–Crippen LogP) is 2.79. The first kappa shape index (κ1) is 19.3. The van der Waals surface area contributed by atoms with Gasteiger partial charge >= 0.3 is 0 Å². The van der Waals surface area contributed by atoms with Crippen molar-refractivity contribution in [3.05, 3.63) is 52.9 Å². The first-order valence-corrected chi connectivity index (χ1v) is 9.82. The molecule has 1 amide bonds. The highest BCUT2D eigenvalue weighted by Gasteiger charge is 2.14. The molecule has 29 heavy (non-hydrogen) atoms. The smallest absolute Gasteiger partial charge is 0.244 e. The molecule has 2 N–H and O–H groups in total.